The Kier molecular flexibility index (Phi) is 5.65. The van der Waals surface area contributed by atoms with Crippen molar-refractivity contribution >= 4 is 21.6 Å². The highest BCUT2D eigenvalue weighted by atomic mass is 32.2. The third kappa shape index (κ3) is 4.46. The van der Waals surface area contributed by atoms with Crippen molar-refractivity contribution in [3.8, 4) is 0 Å². The fourth-order valence-corrected chi connectivity index (χ4v) is 4.16. The Morgan fingerprint density at radius 1 is 1.12 bits per heavy atom. The van der Waals surface area contributed by atoms with Crippen LogP contribution in [0.25, 0.3) is 0 Å². The van der Waals surface area contributed by atoms with E-state index >= 15 is 0 Å². The fourth-order valence-electron chi connectivity index (χ4n) is 2.71. The number of ether oxygens (including phenoxy) is 1. The van der Waals surface area contributed by atoms with Crippen LogP contribution in [0.3, 0.4) is 0 Å². The van der Waals surface area contributed by atoms with Crippen molar-refractivity contribution < 1.29 is 22.3 Å². The molecular weight excluding hydrogens is 359 g/mol. The van der Waals surface area contributed by atoms with Gasteiger partial charge in [-0.2, -0.15) is 4.31 Å². The minimum Gasteiger partial charge on any atom is -0.379 e. The Labute approximate surface area is 151 Å². The lowest BCUT2D eigenvalue weighted by molar-refractivity contribution is -0.115. The van der Waals surface area contributed by atoms with Gasteiger partial charge in [-0.3, -0.25) is 4.79 Å². The first-order chi connectivity index (χ1) is 12.4. The van der Waals surface area contributed by atoms with Gasteiger partial charge in [-0.25, -0.2) is 12.8 Å². The second-order valence-electron chi connectivity index (χ2n) is 5.90. The summed E-state index contributed by atoms with van der Waals surface area (Å²) in [4.78, 5) is 12.3. The largest absolute Gasteiger partial charge is 0.379 e. The number of sulfonamides is 1. The third-order valence-electron chi connectivity index (χ3n) is 3.98. The van der Waals surface area contributed by atoms with Crippen molar-refractivity contribution in [1.82, 2.24) is 4.31 Å². The number of nitrogens with one attached hydrogen (secondary N) is 1. The van der Waals surface area contributed by atoms with Crippen LogP contribution in [-0.4, -0.2) is 44.9 Å². The van der Waals surface area contributed by atoms with Crippen LogP contribution in [0.15, 0.2) is 53.4 Å². The average Bonchev–Trinajstić information content (AvgIpc) is 2.62. The summed E-state index contributed by atoms with van der Waals surface area (Å²) in [5, 5.41) is 2.66. The number of amides is 1. The highest BCUT2D eigenvalue weighted by Gasteiger charge is 2.26. The topological polar surface area (TPSA) is 75.7 Å². The minimum absolute atomic E-state index is 0.00178. The maximum Gasteiger partial charge on any atom is 0.243 e. The van der Waals surface area contributed by atoms with E-state index in [1.807, 2.05) is 0 Å². The summed E-state index contributed by atoms with van der Waals surface area (Å²) in [6.07, 6.45) is -0.00178. The quantitative estimate of drug-likeness (QED) is 0.864. The highest BCUT2D eigenvalue weighted by Crippen LogP contribution is 2.20. The summed E-state index contributed by atoms with van der Waals surface area (Å²) >= 11 is 0. The monoisotopic (exact) mass is 378 g/mol. The number of hydrogen-bond donors (Lipinski definition) is 1. The smallest absolute Gasteiger partial charge is 0.243 e. The minimum atomic E-state index is -3.63. The predicted molar refractivity (Wildman–Crippen MR) is 94.8 cm³/mol. The zero-order valence-electron chi connectivity index (χ0n) is 14.0. The van der Waals surface area contributed by atoms with Gasteiger partial charge in [-0.1, -0.05) is 18.2 Å². The molecular formula is C18H19FN2O4S. The lowest BCUT2D eigenvalue weighted by atomic mass is 10.1. The van der Waals surface area contributed by atoms with Crippen molar-refractivity contribution in [2.45, 2.75) is 11.3 Å². The van der Waals surface area contributed by atoms with Gasteiger partial charge >= 0.3 is 0 Å². The molecule has 0 aromatic heterocycles. The van der Waals surface area contributed by atoms with Crippen molar-refractivity contribution in [2.24, 2.45) is 0 Å². The molecule has 8 heteroatoms. The van der Waals surface area contributed by atoms with E-state index < -0.39 is 15.8 Å². The van der Waals surface area contributed by atoms with Crippen LogP contribution in [-0.2, 0) is 26.0 Å². The lowest BCUT2D eigenvalue weighted by Gasteiger charge is -2.26. The Balaban J connectivity index is 1.71. The first kappa shape index (κ1) is 18.5. The van der Waals surface area contributed by atoms with Gasteiger partial charge < -0.3 is 10.1 Å². The van der Waals surface area contributed by atoms with Gasteiger partial charge in [0.05, 0.1) is 24.5 Å². The molecule has 26 heavy (non-hydrogen) atoms. The van der Waals surface area contributed by atoms with E-state index in [-0.39, 0.29) is 17.2 Å². The molecule has 138 valence electrons. The number of anilines is 1. The van der Waals surface area contributed by atoms with Gasteiger partial charge in [-0.15, -0.1) is 0 Å². The zero-order chi connectivity index (χ0) is 18.6. The molecule has 2 aromatic rings. The van der Waals surface area contributed by atoms with Crippen LogP contribution in [0.2, 0.25) is 0 Å². The molecule has 1 amide bonds. The van der Waals surface area contributed by atoms with Crippen LogP contribution < -0.4 is 5.32 Å². The Bertz CT molecular complexity index is 896. The molecule has 0 saturated carbocycles. The molecule has 1 fully saturated rings. The number of morpholine rings is 1. The molecule has 0 radical (unpaired) electrons. The molecule has 0 aliphatic carbocycles. The van der Waals surface area contributed by atoms with Gasteiger partial charge in [0.2, 0.25) is 15.9 Å². The molecule has 1 N–H and O–H groups in total. The van der Waals surface area contributed by atoms with E-state index in [4.69, 9.17) is 4.74 Å². The van der Waals surface area contributed by atoms with Gasteiger partial charge in [0.15, 0.2) is 0 Å². The van der Waals surface area contributed by atoms with Crippen LogP contribution >= 0.6 is 0 Å². The Hall–Kier alpha value is -2.29. The molecule has 2 aromatic carbocycles. The number of carbonyl (C=O) groups is 1. The van der Waals surface area contributed by atoms with E-state index in [0.717, 1.165) is 0 Å². The average molecular weight is 378 g/mol. The maximum absolute atomic E-state index is 13.2. The predicted octanol–water partition coefficient (Wildman–Crippen LogP) is 2.03. The SMILES string of the molecule is O=C(Cc1cccc(F)c1)Nc1cccc(S(=O)(=O)N2CCOCC2)c1. The standard InChI is InChI=1S/C18H19FN2O4S/c19-15-4-1-3-14(11-15)12-18(22)20-16-5-2-6-17(13-16)26(23,24)21-7-9-25-10-8-21/h1-6,11,13H,7-10,12H2,(H,20,22). The first-order valence-corrected chi connectivity index (χ1v) is 9.61. The van der Waals surface area contributed by atoms with Gasteiger partial charge in [0.25, 0.3) is 0 Å². The van der Waals surface area contributed by atoms with E-state index in [2.05, 4.69) is 5.32 Å². The second-order valence-corrected chi connectivity index (χ2v) is 7.84. The molecule has 0 unspecified atom stereocenters. The Morgan fingerprint density at radius 2 is 1.85 bits per heavy atom. The number of carbonyl (C=O) groups excluding carboxylic acids is 1. The molecule has 0 bridgehead atoms. The highest BCUT2D eigenvalue weighted by molar-refractivity contribution is 7.89. The van der Waals surface area contributed by atoms with Crippen LogP contribution in [0, 0.1) is 5.82 Å². The summed E-state index contributed by atoms with van der Waals surface area (Å²) in [5.41, 5.74) is 0.917. The van der Waals surface area contributed by atoms with E-state index in [1.54, 1.807) is 18.2 Å². The molecule has 1 aliphatic rings. The van der Waals surface area contributed by atoms with Crippen molar-refractivity contribution in [3.63, 3.8) is 0 Å². The molecule has 1 aliphatic heterocycles. The van der Waals surface area contributed by atoms with Crippen LogP contribution in [0.5, 0.6) is 0 Å². The van der Waals surface area contributed by atoms with E-state index in [9.17, 15) is 17.6 Å². The van der Waals surface area contributed by atoms with Crippen molar-refractivity contribution in [2.75, 3.05) is 31.6 Å². The molecule has 1 saturated heterocycles. The summed E-state index contributed by atoms with van der Waals surface area (Å²) in [6, 6.07) is 11.9. The summed E-state index contributed by atoms with van der Waals surface area (Å²) in [7, 11) is -3.63. The molecule has 1 heterocycles. The summed E-state index contributed by atoms with van der Waals surface area (Å²) in [5.74, 6) is -0.759. The lowest BCUT2D eigenvalue weighted by Crippen LogP contribution is -2.40. The molecule has 0 atom stereocenters. The number of nitrogens with zero attached hydrogens (tertiary/aromatic N) is 1. The van der Waals surface area contributed by atoms with Gasteiger partial charge in [0.1, 0.15) is 5.82 Å². The van der Waals surface area contributed by atoms with Crippen LogP contribution in [0.1, 0.15) is 5.56 Å². The van der Waals surface area contributed by atoms with E-state index in [1.165, 1.54) is 34.6 Å². The normalized spacial score (nSPS) is 15.6. The number of rotatable bonds is 5. The van der Waals surface area contributed by atoms with E-state index in [0.29, 0.717) is 37.6 Å². The van der Waals surface area contributed by atoms with Crippen LogP contribution in [0.4, 0.5) is 10.1 Å². The van der Waals surface area contributed by atoms with Gasteiger partial charge in [0, 0.05) is 18.8 Å². The number of hydrogen-bond acceptors (Lipinski definition) is 4. The second kappa shape index (κ2) is 7.94. The van der Waals surface area contributed by atoms with Gasteiger partial charge in [-0.05, 0) is 35.9 Å². The third-order valence-corrected chi connectivity index (χ3v) is 5.87. The first-order valence-electron chi connectivity index (χ1n) is 8.17. The van der Waals surface area contributed by atoms with Crippen molar-refractivity contribution in [1.29, 1.82) is 0 Å². The summed E-state index contributed by atoms with van der Waals surface area (Å²) in [6.45, 7) is 1.34. The van der Waals surface area contributed by atoms with Crippen molar-refractivity contribution in [3.05, 3.63) is 59.9 Å². The zero-order valence-corrected chi connectivity index (χ0v) is 14.8. The molecule has 0 spiro atoms. The number of benzene rings is 2. The fraction of sp³-hybridized carbons (Fsp3) is 0.278. The number of halogens is 1. The summed E-state index contributed by atoms with van der Waals surface area (Å²) < 4.78 is 45.1. The maximum atomic E-state index is 13.2. The Morgan fingerprint density at radius 3 is 2.58 bits per heavy atom. The molecule has 3 rings (SSSR count). The molecule has 6 nitrogen and oxygen atoms in total.